The quantitative estimate of drug-likeness (QED) is 0.415. The summed E-state index contributed by atoms with van der Waals surface area (Å²) in [6, 6.07) is 0. The highest BCUT2D eigenvalue weighted by atomic mass is 16.5. The third kappa shape index (κ3) is 4.38. The maximum Gasteiger partial charge on any atom is 0.229 e. The van der Waals surface area contributed by atoms with Crippen LogP contribution in [0.25, 0.3) is 0 Å². The van der Waals surface area contributed by atoms with E-state index in [0.717, 1.165) is 0 Å². The van der Waals surface area contributed by atoms with Crippen molar-refractivity contribution in [2.45, 2.75) is 0 Å². The molecule has 8 nitrogen and oxygen atoms in total. The molecule has 0 aliphatic heterocycles. The van der Waals surface area contributed by atoms with Crippen LogP contribution >= 0.6 is 0 Å². The van der Waals surface area contributed by atoms with Crippen LogP contribution < -0.4 is 22.5 Å². The molecule has 0 amide bonds. The molecule has 7 N–H and O–H groups in total. The van der Waals surface area contributed by atoms with E-state index < -0.39 is 0 Å². The molecule has 0 fully saturated rings. The molecule has 1 aromatic rings. The topological polar surface area (TPSA) is 138 Å². The van der Waals surface area contributed by atoms with E-state index in [2.05, 4.69) is 20.3 Å². The minimum Gasteiger partial charge on any atom is -0.378 e. The van der Waals surface area contributed by atoms with E-state index in [4.69, 9.17) is 21.9 Å². The van der Waals surface area contributed by atoms with Crippen molar-refractivity contribution in [3.8, 4) is 0 Å². The largest absolute Gasteiger partial charge is 0.378 e. The summed E-state index contributed by atoms with van der Waals surface area (Å²) in [5, 5.41) is 2.90. The molecule has 8 heteroatoms. The fourth-order valence-electron chi connectivity index (χ4n) is 0.909. The Morgan fingerprint density at radius 2 is 1.73 bits per heavy atom. The lowest BCUT2D eigenvalue weighted by atomic mass is 10.6. The fourth-order valence-corrected chi connectivity index (χ4v) is 0.909. The molecule has 15 heavy (non-hydrogen) atoms. The Morgan fingerprint density at radius 3 is 2.33 bits per heavy atom. The van der Waals surface area contributed by atoms with Crippen molar-refractivity contribution >= 4 is 17.8 Å². The summed E-state index contributed by atoms with van der Waals surface area (Å²) in [6.07, 6.45) is 0. The molecule has 0 aromatic carbocycles. The first-order valence-corrected chi connectivity index (χ1v) is 4.51. The van der Waals surface area contributed by atoms with Crippen molar-refractivity contribution in [2.75, 3.05) is 43.1 Å². The van der Waals surface area contributed by atoms with E-state index in [-0.39, 0.29) is 11.9 Å². The third-order valence-electron chi connectivity index (χ3n) is 1.46. The lowest BCUT2D eigenvalue weighted by Gasteiger charge is -2.05. The van der Waals surface area contributed by atoms with Gasteiger partial charge in [-0.3, -0.25) is 0 Å². The van der Waals surface area contributed by atoms with Crippen molar-refractivity contribution in [3.63, 3.8) is 0 Å². The predicted molar refractivity (Wildman–Crippen MR) is 57.0 cm³/mol. The smallest absolute Gasteiger partial charge is 0.229 e. The Kier molecular flexibility index (Phi) is 4.51. The first-order chi connectivity index (χ1) is 7.22. The zero-order valence-corrected chi connectivity index (χ0v) is 8.31. The Labute approximate surface area is 87.2 Å². The molecule has 1 heterocycles. The summed E-state index contributed by atoms with van der Waals surface area (Å²) in [5.41, 5.74) is 16.0. The SMILES string of the molecule is NCCOCCNc1nc(N)nc(N)n1. The van der Waals surface area contributed by atoms with E-state index in [9.17, 15) is 0 Å². The van der Waals surface area contributed by atoms with Crippen LogP contribution in [0.15, 0.2) is 0 Å². The molecule has 0 unspecified atom stereocenters. The van der Waals surface area contributed by atoms with Gasteiger partial charge in [0.05, 0.1) is 13.2 Å². The number of hydrogen-bond acceptors (Lipinski definition) is 8. The van der Waals surface area contributed by atoms with E-state index in [1.807, 2.05) is 0 Å². The molecule has 0 aliphatic carbocycles. The molecule has 0 saturated carbocycles. The zero-order valence-electron chi connectivity index (χ0n) is 8.31. The van der Waals surface area contributed by atoms with Crippen LogP contribution in [0.3, 0.4) is 0 Å². The molecule has 84 valence electrons. The van der Waals surface area contributed by atoms with Crippen LogP contribution in [0.4, 0.5) is 17.8 Å². The molecular weight excluding hydrogens is 198 g/mol. The zero-order chi connectivity index (χ0) is 11.1. The average molecular weight is 213 g/mol. The number of nitrogen functional groups attached to an aromatic ring is 2. The maximum absolute atomic E-state index is 5.38. The number of ether oxygens (including phenoxy) is 1. The molecule has 0 aliphatic rings. The second kappa shape index (κ2) is 5.94. The van der Waals surface area contributed by atoms with Gasteiger partial charge in [-0.2, -0.15) is 15.0 Å². The fraction of sp³-hybridized carbons (Fsp3) is 0.571. The van der Waals surface area contributed by atoms with Gasteiger partial charge in [-0.05, 0) is 0 Å². The highest BCUT2D eigenvalue weighted by molar-refractivity contribution is 5.36. The van der Waals surface area contributed by atoms with Gasteiger partial charge in [0.1, 0.15) is 0 Å². The summed E-state index contributed by atoms with van der Waals surface area (Å²) in [6.45, 7) is 2.11. The first-order valence-electron chi connectivity index (χ1n) is 4.51. The van der Waals surface area contributed by atoms with Gasteiger partial charge in [-0.15, -0.1) is 0 Å². The van der Waals surface area contributed by atoms with Crippen LogP contribution in [0.5, 0.6) is 0 Å². The Bertz CT molecular complexity index is 285. The van der Waals surface area contributed by atoms with E-state index in [1.54, 1.807) is 0 Å². The molecule has 0 spiro atoms. The average Bonchev–Trinajstić information content (AvgIpc) is 2.16. The van der Waals surface area contributed by atoms with Crippen LogP contribution in [0, 0.1) is 0 Å². The molecular formula is C7H15N7O. The van der Waals surface area contributed by atoms with Gasteiger partial charge < -0.3 is 27.3 Å². The standard InChI is InChI=1S/C7H15N7O/c8-1-3-15-4-2-11-7-13-5(9)12-6(10)14-7/h1-4,8H2,(H5,9,10,11,12,13,14). The van der Waals surface area contributed by atoms with E-state index >= 15 is 0 Å². The Balaban J connectivity index is 2.31. The number of nitrogens with two attached hydrogens (primary N) is 3. The summed E-state index contributed by atoms with van der Waals surface area (Å²) in [4.78, 5) is 11.3. The Morgan fingerprint density at radius 1 is 1.07 bits per heavy atom. The second-order valence-corrected chi connectivity index (χ2v) is 2.70. The van der Waals surface area contributed by atoms with Crippen molar-refractivity contribution in [3.05, 3.63) is 0 Å². The summed E-state index contributed by atoms with van der Waals surface area (Å²) in [7, 11) is 0. The minimum atomic E-state index is 0.0906. The Hall–Kier alpha value is -1.67. The van der Waals surface area contributed by atoms with Gasteiger partial charge in [0.15, 0.2) is 0 Å². The molecule has 1 rings (SSSR count). The summed E-state index contributed by atoms with van der Waals surface area (Å²) in [5.74, 6) is 0.525. The van der Waals surface area contributed by atoms with Crippen molar-refractivity contribution < 1.29 is 4.74 Å². The number of nitrogens with one attached hydrogen (secondary N) is 1. The van der Waals surface area contributed by atoms with Gasteiger partial charge in [-0.1, -0.05) is 0 Å². The van der Waals surface area contributed by atoms with Crippen LogP contribution in [0.2, 0.25) is 0 Å². The number of aromatic nitrogens is 3. The predicted octanol–water partition coefficient (Wildman–Crippen LogP) is -1.58. The lowest BCUT2D eigenvalue weighted by Crippen LogP contribution is -2.16. The minimum absolute atomic E-state index is 0.0906. The number of rotatable bonds is 6. The number of anilines is 3. The number of hydrogen-bond donors (Lipinski definition) is 4. The van der Waals surface area contributed by atoms with Gasteiger partial charge in [0.25, 0.3) is 0 Å². The third-order valence-corrected chi connectivity index (χ3v) is 1.46. The molecule has 1 aromatic heterocycles. The van der Waals surface area contributed by atoms with Gasteiger partial charge in [-0.25, -0.2) is 0 Å². The maximum atomic E-state index is 5.38. The van der Waals surface area contributed by atoms with Crippen molar-refractivity contribution in [1.29, 1.82) is 0 Å². The number of nitrogens with zero attached hydrogens (tertiary/aromatic N) is 3. The highest BCUT2D eigenvalue weighted by Gasteiger charge is 1.99. The van der Waals surface area contributed by atoms with Crippen LogP contribution in [-0.2, 0) is 4.74 Å². The van der Waals surface area contributed by atoms with Crippen LogP contribution in [-0.4, -0.2) is 41.3 Å². The second-order valence-electron chi connectivity index (χ2n) is 2.70. The van der Waals surface area contributed by atoms with Crippen molar-refractivity contribution in [2.24, 2.45) is 5.73 Å². The summed E-state index contributed by atoms with van der Waals surface area (Å²) < 4.78 is 5.14. The molecule has 0 bridgehead atoms. The lowest BCUT2D eigenvalue weighted by molar-refractivity contribution is 0.151. The first kappa shape index (κ1) is 11.4. The van der Waals surface area contributed by atoms with E-state index in [1.165, 1.54) is 0 Å². The molecule has 0 saturated heterocycles. The van der Waals surface area contributed by atoms with Gasteiger partial charge in [0, 0.05) is 13.1 Å². The summed E-state index contributed by atoms with van der Waals surface area (Å²) >= 11 is 0. The van der Waals surface area contributed by atoms with Crippen molar-refractivity contribution in [1.82, 2.24) is 15.0 Å². The van der Waals surface area contributed by atoms with Gasteiger partial charge >= 0.3 is 0 Å². The highest BCUT2D eigenvalue weighted by Crippen LogP contribution is 2.02. The normalized spacial score (nSPS) is 10.2. The molecule has 0 atom stereocenters. The van der Waals surface area contributed by atoms with E-state index in [0.29, 0.717) is 32.3 Å². The van der Waals surface area contributed by atoms with Crippen LogP contribution in [0.1, 0.15) is 0 Å². The monoisotopic (exact) mass is 213 g/mol. The molecule has 0 radical (unpaired) electrons. The van der Waals surface area contributed by atoms with Gasteiger partial charge in [0.2, 0.25) is 17.8 Å².